The quantitative estimate of drug-likeness (QED) is 0.562. The summed E-state index contributed by atoms with van der Waals surface area (Å²) in [5, 5.41) is 0. The van der Waals surface area contributed by atoms with E-state index >= 15 is 0 Å². The molecule has 0 bridgehead atoms. The third kappa shape index (κ3) is 1.94. The maximum atomic E-state index is 12.6. The Morgan fingerprint density at radius 3 is 2.55 bits per heavy atom. The van der Waals surface area contributed by atoms with Gasteiger partial charge in [0.05, 0.1) is 0 Å². The molecule has 1 aromatic rings. The van der Waals surface area contributed by atoms with Crippen molar-refractivity contribution >= 4 is 36.0 Å². The summed E-state index contributed by atoms with van der Waals surface area (Å²) in [5.74, 6) is -1.42. The summed E-state index contributed by atoms with van der Waals surface area (Å²) in [5.41, 5.74) is 0. The molecule has 0 radical (unpaired) electrons. The average Bonchev–Trinajstić information content (AvgIpc) is 1.96. The van der Waals surface area contributed by atoms with E-state index in [1.807, 2.05) is 0 Å². The zero-order chi connectivity index (χ0) is 8.43. The van der Waals surface area contributed by atoms with Gasteiger partial charge in [-0.05, 0) is 0 Å². The van der Waals surface area contributed by atoms with Crippen molar-refractivity contribution in [2.45, 2.75) is 0 Å². The predicted molar refractivity (Wildman–Crippen MR) is 40.1 cm³/mol. The second kappa shape index (κ2) is 3.54. The van der Waals surface area contributed by atoms with Gasteiger partial charge >= 0.3 is 76.7 Å². The molecule has 0 aromatic heterocycles. The zero-order valence-corrected chi connectivity index (χ0v) is 8.61. The van der Waals surface area contributed by atoms with Gasteiger partial charge in [0, 0.05) is 0 Å². The van der Waals surface area contributed by atoms with E-state index in [1.165, 1.54) is 0 Å². The van der Waals surface area contributed by atoms with Gasteiger partial charge in [-0.2, -0.15) is 0 Å². The van der Waals surface area contributed by atoms with Gasteiger partial charge in [-0.1, -0.05) is 0 Å². The molecule has 11 heavy (non-hydrogen) atoms. The molecule has 0 heterocycles. The van der Waals surface area contributed by atoms with Crippen molar-refractivity contribution in [1.29, 1.82) is 0 Å². The van der Waals surface area contributed by atoms with Crippen molar-refractivity contribution in [3.05, 3.63) is 28.2 Å². The van der Waals surface area contributed by atoms with Crippen LogP contribution in [0, 0.1) is 11.6 Å². The Hall–Kier alpha value is -0.0816. The van der Waals surface area contributed by atoms with Gasteiger partial charge in [-0.3, -0.25) is 0 Å². The van der Waals surface area contributed by atoms with E-state index in [2.05, 4.69) is 15.9 Å². The molecule has 58 valence electrons. The monoisotopic (exact) mass is 282 g/mol. The fraction of sp³-hybridized carbons (Fsp3) is 0. The molecule has 1 rings (SSSR count). The molecule has 0 aliphatic carbocycles. The van der Waals surface area contributed by atoms with E-state index in [-0.39, 0.29) is 8.82 Å². The van der Waals surface area contributed by atoms with E-state index < -0.39 is 27.3 Å². The molecule has 1 nitrogen and oxygen atoms in total. The summed E-state index contributed by atoms with van der Waals surface area (Å²) in [4.78, 5) is 0. The Morgan fingerprint density at radius 2 is 2.00 bits per heavy atom. The van der Waals surface area contributed by atoms with Crippen LogP contribution in [-0.4, -0.2) is 15.7 Å². The van der Waals surface area contributed by atoms with Crippen LogP contribution in [0.1, 0.15) is 0 Å². The molecule has 0 N–H and O–H groups in total. The SMILES string of the molecule is O=[As]c1cc(F)cc(F)c1Br. The van der Waals surface area contributed by atoms with Crippen molar-refractivity contribution in [2.75, 3.05) is 0 Å². The van der Waals surface area contributed by atoms with Crippen molar-refractivity contribution < 1.29 is 12.5 Å². The second-order valence-electron chi connectivity index (χ2n) is 1.81. The average molecular weight is 283 g/mol. The molecule has 0 saturated carbocycles. The maximum absolute atomic E-state index is 12.6. The first-order chi connectivity index (χ1) is 5.15. The molecule has 0 fully saturated rings. The van der Waals surface area contributed by atoms with Crippen LogP contribution in [0.4, 0.5) is 8.78 Å². The molecule has 0 unspecified atom stereocenters. The van der Waals surface area contributed by atoms with E-state index in [0.717, 1.165) is 12.1 Å². The summed E-state index contributed by atoms with van der Waals surface area (Å²) in [6.45, 7) is 0. The zero-order valence-electron chi connectivity index (χ0n) is 5.14. The Morgan fingerprint density at radius 1 is 1.36 bits per heavy atom. The minimum atomic E-state index is -1.39. The van der Waals surface area contributed by atoms with Gasteiger partial charge in [0.15, 0.2) is 0 Å². The van der Waals surface area contributed by atoms with Crippen LogP contribution in [0.25, 0.3) is 0 Å². The van der Waals surface area contributed by atoms with E-state index in [4.69, 9.17) is 0 Å². The second-order valence-corrected chi connectivity index (χ2v) is 4.00. The predicted octanol–water partition coefficient (Wildman–Crippen LogP) is 1.40. The molecule has 0 saturated heterocycles. The van der Waals surface area contributed by atoms with E-state index in [1.54, 1.807) is 0 Å². The summed E-state index contributed by atoms with van der Waals surface area (Å²) < 4.78 is 35.7. The Bertz CT molecular complexity index is 303. The van der Waals surface area contributed by atoms with E-state index in [0.29, 0.717) is 0 Å². The topological polar surface area (TPSA) is 17.1 Å². The molecule has 0 atom stereocenters. The minimum absolute atomic E-state index is 0.0916. The van der Waals surface area contributed by atoms with Gasteiger partial charge in [0.1, 0.15) is 0 Å². The van der Waals surface area contributed by atoms with Crippen LogP contribution in [-0.2, 0) is 3.74 Å². The van der Waals surface area contributed by atoms with Crippen LogP contribution in [0.5, 0.6) is 0 Å². The fourth-order valence-electron chi connectivity index (χ4n) is 0.609. The molecule has 1 aromatic carbocycles. The Kier molecular flexibility index (Phi) is 2.90. The third-order valence-corrected chi connectivity index (χ3v) is 3.70. The molecule has 0 amide bonds. The molecule has 0 aliphatic rings. The van der Waals surface area contributed by atoms with Crippen LogP contribution in [0.15, 0.2) is 16.6 Å². The van der Waals surface area contributed by atoms with Crippen molar-refractivity contribution in [3.63, 3.8) is 0 Å². The van der Waals surface area contributed by atoms with Crippen LogP contribution >= 0.6 is 15.9 Å². The summed E-state index contributed by atoms with van der Waals surface area (Å²) in [6.07, 6.45) is 0. The number of hydrogen-bond donors (Lipinski definition) is 0. The van der Waals surface area contributed by atoms with Crippen LogP contribution in [0.2, 0.25) is 0 Å². The summed E-state index contributed by atoms with van der Waals surface area (Å²) in [6, 6.07) is 1.80. The van der Waals surface area contributed by atoms with Crippen molar-refractivity contribution in [3.8, 4) is 0 Å². The molecule has 0 spiro atoms. The molecule has 5 heteroatoms. The fourth-order valence-corrected chi connectivity index (χ4v) is 1.98. The van der Waals surface area contributed by atoms with Crippen LogP contribution in [0.3, 0.4) is 0 Å². The van der Waals surface area contributed by atoms with Crippen molar-refractivity contribution in [2.24, 2.45) is 0 Å². The van der Waals surface area contributed by atoms with E-state index in [9.17, 15) is 12.5 Å². The molecular formula is C6H2AsBrF2O. The summed E-state index contributed by atoms with van der Waals surface area (Å²) >= 11 is 1.47. The number of rotatable bonds is 1. The molecule has 0 aliphatic heterocycles. The van der Waals surface area contributed by atoms with Crippen molar-refractivity contribution in [1.82, 2.24) is 0 Å². The Balaban J connectivity index is 3.35. The first-order valence-electron chi connectivity index (χ1n) is 2.63. The van der Waals surface area contributed by atoms with Gasteiger partial charge in [-0.15, -0.1) is 0 Å². The van der Waals surface area contributed by atoms with Gasteiger partial charge in [-0.25, -0.2) is 0 Å². The van der Waals surface area contributed by atoms with Gasteiger partial charge < -0.3 is 0 Å². The number of halogens is 3. The first kappa shape index (κ1) is 9.01. The van der Waals surface area contributed by atoms with Gasteiger partial charge in [0.2, 0.25) is 0 Å². The first-order valence-corrected chi connectivity index (χ1v) is 5.13. The number of benzene rings is 1. The third-order valence-electron chi connectivity index (χ3n) is 1.07. The standard InChI is InChI=1S/C6H2AsBrF2O/c8-6-4(7-11)1-3(9)2-5(6)10/h1-2H. The van der Waals surface area contributed by atoms with Gasteiger partial charge in [0.25, 0.3) is 0 Å². The van der Waals surface area contributed by atoms with Crippen LogP contribution < -0.4 is 4.35 Å². The Labute approximate surface area is 76.8 Å². The summed E-state index contributed by atoms with van der Waals surface area (Å²) in [7, 11) is 0. The molecular weight excluding hydrogens is 281 g/mol. The number of hydrogen-bond acceptors (Lipinski definition) is 1. The normalized spacial score (nSPS) is 10.5.